The van der Waals surface area contributed by atoms with Crippen molar-refractivity contribution in [2.75, 3.05) is 13.2 Å². The first-order valence-corrected chi connectivity index (χ1v) is 15.0. The maximum Gasteiger partial charge on any atom is 0.291 e. The molecule has 0 saturated carbocycles. The highest BCUT2D eigenvalue weighted by Gasteiger charge is 2.15. The molecule has 0 amide bonds. The summed E-state index contributed by atoms with van der Waals surface area (Å²) in [6.07, 6.45) is 8.50. The number of para-hydroxylation sites is 1. The van der Waals surface area contributed by atoms with Gasteiger partial charge in [0.1, 0.15) is 17.2 Å². The van der Waals surface area contributed by atoms with Crippen LogP contribution in [-0.4, -0.2) is 37.6 Å². The third-order valence-corrected chi connectivity index (χ3v) is 7.73. The van der Waals surface area contributed by atoms with Crippen LogP contribution in [0.15, 0.2) is 83.8 Å². The van der Waals surface area contributed by atoms with Gasteiger partial charge >= 0.3 is 0 Å². The number of aromatic nitrogens is 5. The van der Waals surface area contributed by atoms with E-state index < -0.39 is 0 Å². The van der Waals surface area contributed by atoms with E-state index in [0.29, 0.717) is 28.5 Å². The lowest BCUT2D eigenvalue weighted by Gasteiger charge is -2.08. The Morgan fingerprint density at radius 3 is 2.47 bits per heavy atom. The fourth-order valence-corrected chi connectivity index (χ4v) is 5.58. The zero-order chi connectivity index (χ0) is 29.8. The lowest BCUT2D eigenvalue weighted by molar-refractivity contribution is 0.317. The van der Waals surface area contributed by atoms with Crippen LogP contribution in [0.3, 0.4) is 0 Å². The molecule has 3 heterocycles. The zero-order valence-corrected chi connectivity index (χ0v) is 25.0. The van der Waals surface area contributed by atoms with Crippen LogP contribution in [0.1, 0.15) is 42.8 Å². The largest absolute Gasteiger partial charge is 0.494 e. The highest BCUT2D eigenvalue weighted by Crippen LogP contribution is 2.29. The Hall–Kier alpha value is -5.02. The Morgan fingerprint density at radius 1 is 0.930 bits per heavy atom. The van der Waals surface area contributed by atoms with Crippen molar-refractivity contribution < 1.29 is 9.47 Å². The van der Waals surface area contributed by atoms with Gasteiger partial charge in [-0.25, -0.2) is 4.68 Å². The molecule has 0 radical (unpaired) electrons. The summed E-state index contributed by atoms with van der Waals surface area (Å²) in [5.41, 5.74) is 5.24. The lowest BCUT2D eigenvalue weighted by atomic mass is 10.0. The van der Waals surface area contributed by atoms with Crippen LogP contribution in [0, 0.1) is 6.92 Å². The predicted octanol–water partition coefficient (Wildman–Crippen LogP) is 6.22. The van der Waals surface area contributed by atoms with E-state index in [9.17, 15) is 4.79 Å². The van der Waals surface area contributed by atoms with Gasteiger partial charge in [-0.1, -0.05) is 54.7 Å². The van der Waals surface area contributed by atoms with Crippen molar-refractivity contribution in [2.24, 2.45) is 0 Å². The Morgan fingerprint density at radius 2 is 1.74 bits per heavy atom. The molecule has 0 N–H and O–H groups in total. The van der Waals surface area contributed by atoms with Crippen LogP contribution >= 0.6 is 11.3 Å². The Bertz CT molecular complexity index is 2010. The molecule has 0 aliphatic carbocycles. The number of nitrogens with zero attached hydrogens (tertiary/aromatic N) is 5. The van der Waals surface area contributed by atoms with Crippen molar-refractivity contribution in [3.05, 3.63) is 116 Å². The molecule has 0 bridgehead atoms. The van der Waals surface area contributed by atoms with Gasteiger partial charge in [-0.3, -0.25) is 4.79 Å². The molecule has 9 heteroatoms. The molecule has 0 aliphatic heterocycles. The van der Waals surface area contributed by atoms with Gasteiger partial charge < -0.3 is 9.47 Å². The summed E-state index contributed by atoms with van der Waals surface area (Å²) in [5.74, 6) is 2.16. The van der Waals surface area contributed by atoms with Crippen LogP contribution in [0.2, 0.25) is 0 Å². The zero-order valence-electron chi connectivity index (χ0n) is 24.2. The van der Waals surface area contributed by atoms with E-state index in [1.165, 1.54) is 15.9 Å². The number of rotatable bonds is 10. The number of ether oxygens (including phenoxy) is 2. The molecule has 0 fully saturated rings. The van der Waals surface area contributed by atoms with Gasteiger partial charge in [0, 0.05) is 17.3 Å². The van der Waals surface area contributed by atoms with E-state index in [4.69, 9.17) is 14.6 Å². The number of aryl methyl sites for hydroxylation is 1. The molecule has 3 aromatic heterocycles. The minimum Gasteiger partial charge on any atom is -0.494 e. The third-order valence-electron chi connectivity index (χ3n) is 6.77. The molecule has 43 heavy (non-hydrogen) atoms. The summed E-state index contributed by atoms with van der Waals surface area (Å²) in [4.78, 5) is 18.5. The predicted molar refractivity (Wildman–Crippen MR) is 172 cm³/mol. The summed E-state index contributed by atoms with van der Waals surface area (Å²) in [5, 5.41) is 9.37. The number of hydrogen-bond donors (Lipinski definition) is 0. The monoisotopic (exact) mass is 589 g/mol. The van der Waals surface area contributed by atoms with Crippen LogP contribution in [0.5, 0.6) is 11.5 Å². The normalized spacial score (nSPS) is 12.0. The van der Waals surface area contributed by atoms with Crippen LogP contribution < -0.4 is 19.6 Å². The SMILES string of the molecule is CCCOc1ccc(/C=C/c2nc3s/c(=C\c4cn(-c5ccccc5)nc4-c4ccc(OCC)c(C)c4)c(=O)n3n2)cc1. The quantitative estimate of drug-likeness (QED) is 0.189. The highest BCUT2D eigenvalue weighted by atomic mass is 32.1. The Balaban J connectivity index is 1.34. The van der Waals surface area contributed by atoms with Crippen molar-refractivity contribution in [1.29, 1.82) is 0 Å². The van der Waals surface area contributed by atoms with Crippen molar-refractivity contribution >= 4 is 34.5 Å². The lowest BCUT2D eigenvalue weighted by Crippen LogP contribution is -2.23. The minimum atomic E-state index is -0.217. The Kier molecular flexibility index (Phi) is 8.15. The molecule has 0 spiro atoms. The summed E-state index contributed by atoms with van der Waals surface area (Å²) < 4.78 is 15.1. The number of hydrogen-bond acceptors (Lipinski definition) is 7. The minimum absolute atomic E-state index is 0.217. The summed E-state index contributed by atoms with van der Waals surface area (Å²) in [6.45, 7) is 7.36. The average molecular weight is 590 g/mol. The van der Waals surface area contributed by atoms with Crippen molar-refractivity contribution in [2.45, 2.75) is 27.2 Å². The van der Waals surface area contributed by atoms with E-state index in [-0.39, 0.29) is 5.56 Å². The van der Waals surface area contributed by atoms with Gasteiger partial charge in [0.15, 0.2) is 5.82 Å². The second kappa shape index (κ2) is 12.5. The standard InChI is InChI=1S/C34H31N5O3S/c1-4-19-42-28-15-11-24(12-16-28)13-18-31-35-34-39(36-31)33(40)30(43-34)21-26-22-38(27-9-7-6-8-10-27)37-32(26)25-14-17-29(41-5-2)23(3)20-25/h6-18,20-22H,4-5,19H2,1-3H3/b18-13+,30-21-. The first kappa shape index (κ1) is 28.1. The molecule has 0 atom stereocenters. The molecule has 0 saturated heterocycles. The molecule has 3 aromatic carbocycles. The van der Waals surface area contributed by atoms with Crippen LogP contribution in [-0.2, 0) is 0 Å². The second-order valence-electron chi connectivity index (χ2n) is 9.96. The van der Waals surface area contributed by atoms with Gasteiger partial charge in [-0.15, -0.1) is 5.10 Å². The van der Waals surface area contributed by atoms with Crippen molar-refractivity contribution in [1.82, 2.24) is 24.4 Å². The maximum absolute atomic E-state index is 13.4. The van der Waals surface area contributed by atoms with Crippen molar-refractivity contribution in [3.8, 4) is 28.4 Å². The van der Waals surface area contributed by atoms with Gasteiger partial charge in [-0.2, -0.15) is 14.6 Å². The van der Waals surface area contributed by atoms with E-state index in [1.807, 2.05) is 104 Å². The van der Waals surface area contributed by atoms with Gasteiger partial charge in [0.05, 0.1) is 23.4 Å². The van der Waals surface area contributed by atoms with Gasteiger partial charge in [0.25, 0.3) is 5.56 Å². The average Bonchev–Trinajstić information content (AvgIpc) is 3.71. The number of fused-ring (bicyclic) bond motifs is 1. The smallest absolute Gasteiger partial charge is 0.291 e. The van der Waals surface area contributed by atoms with E-state index in [2.05, 4.69) is 23.1 Å². The highest BCUT2D eigenvalue weighted by molar-refractivity contribution is 7.15. The molecule has 0 unspecified atom stereocenters. The first-order chi connectivity index (χ1) is 21.0. The van der Waals surface area contributed by atoms with E-state index >= 15 is 0 Å². The first-order valence-electron chi connectivity index (χ1n) is 14.2. The topological polar surface area (TPSA) is 83.5 Å². The molecule has 216 valence electrons. The van der Waals surface area contributed by atoms with Gasteiger partial charge in [0.2, 0.25) is 4.96 Å². The summed E-state index contributed by atoms with van der Waals surface area (Å²) >= 11 is 1.31. The molecule has 8 nitrogen and oxygen atoms in total. The summed E-state index contributed by atoms with van der Waals surface area (Å²) in [6, 6.07) is 23.8. The molecular weight excluding hydrogens is 558 g/mol. The number of benzene rings is 3. The van der Waals surface area contributed by atoms with E-state index in [0.717, 1.165) is 51.6 Å². The van der Waals surface area contributed by atoms with Crippen LogP contribution in [0.25, 0.3) is 40.1 Å². The van der Waals surface area contributed by atoms with Gasteiger partial charge in [-0.05, 0) is 86.0 Å². The Labute approximate surface area is 253 Å². The van der Waals surface area contributed by atoms with E-state index in [1.54, 1.807) is 6.08 Å². The second-order valence-corrected chi connectivity index (χ2v) is 11.0. The molecule has 6 aromatic rings. The van der Waals surface area contributed by atoms with Crippen molar-refractivity contribution in [3.63, 3.8) is 0 Å². The molecular formula is C34H31N5O3S. The number of thiazole rings is 1. The fraction of sp³-hybridized carbons (Fsp3) is 0.176. The molecule has 6 rings (SSSR count). The fourth-order valence-electron chi connectivity index (χ4n) is 4.67. The molecule has 0 aliphatic rings. The maximum atomic E-state index is 13.4. The third kappa shape index (κ3) is 6.12. The summed E-state index contributed by atoms with van der Waals surface area (Å²) in [7, 11) is 0. The van der Waals surface area contributed by atoms with Crippen LogP contribution in [0.4, 0.5) is 0 Å².